The van der Waals surface area contributed by atoms with Gasteiger partial charge in [-0.3, -0.25) is 9.59 Å². The van der Waals surface area contributed by atoms with Crippen LogP contribution < -0.4 is 5.32 Å². The van der Waals surface area contributed by atoms with Gasteiger partial charge in [0.25, 0.3) is 0 Å². The Morgan fingerprint density at radius 3 is 2.15 bits per heavy atom. The van der Waals surface area contributed by atoms with Gasteiger partial charge >= 0.3 is 0 Å². The number of sulfonamides is 1. The molecule has 0 saturated heterocycles. The third kappa shape index (κ3) is 8.29. The fourth-order valence-electron chi connectivity index (χ4n) is 3.96. The molecule has 0 fully saturated rings. The zero-order valence-electron chi connectivity index (χ0n) is 22.2. The van der Waals surface area contributed by atoms with Crippen molar-refractivity contribution in [2.45, 2.75) is 50.2 Å². The molecule has 0 bridgehead atoms. The van der Waals surface area contributed by atoms with Crippen molar-refractivity contribution in [1.29, 1.82) is 0 Å². The molecule has 0 spiro atoms. The molecule has 0 aliphatic heterocycles. The van der Waals surface area contributed by atoms with Gasteiger partial charge in [-0.05, 0) is 54.8 Å². The Morgan fingerprint density at radius 2 is 1.54 bits per heavy atom. The van der Waals surface area contributed by atoms with Gasteiger partial charge in [-0.25, -0.2) is 8.42 Å². The van der Waals surface area contributed by atoms with Crippen LogP contribution in [-0.2, 0) is 32.6 Å². The monoisotopic (exact) mass is 589 g/mol. The minimum absolute atomic E-state index is 0.00945. The number of halogens is 2. The molecule has 0 radical (unpaired) electrons. The second-order valence-corrected chi connectivity index (χ2v) is 12.2. The second-order valence-electron chi connectivity index (χ2n) is 9.35. The molecular formula is C29H33Cl2N3O4S. The van der Waals surface area contributed by atoms with E-state index in [1.54, 1.807) is 24.3 Å². The standard InChI is InChI=1S/C29H33Cl2N3O4S/c1-4-21(2)32-29(36)27(18-22-10-6-5-7-11-22)34(19-23-12-8-9-13-26(23)31)28(35)20-33(3)39(37,38)25-16-14-24(30)15-17-25/h5-17,21,27H,4,18-20H2,1-3H3,(H,32,36)/t21-,27+/m0/s1. The first-order chi connectivity index (χ1) is 18.5. The topological polar surface area (TPSA) is 86.8 Å². The molecule has 1 N–H and O–H groups in total. The van der Waals surface area contributed by atoms with E-state index in [0.29, 0.717) is 22.0 Å². The highest BCUT2D eigenvalue weighted by Crippen LogP contribution is 2.22. The summed E-state index contributed by atoms with van der Waals surface area (Å²) in [6, 6.07) is 21.2. The summed E-state index contributed by atoms with van der Waals surface area (Å²) in [7, 11) is -2.66. The number of likely N-dealkylation sites (N-methyl/N-ethyl adjacent to an activating group) is 1. The Morgan fingerprint density at radius 1 is 0.923 bits per heavy atom. The molecule has 10 heteroatoms. The smallest absolute Gasteiger partial charge is 0.243 e. The van der Waals surface area contributed by atoms with Crippen LogP contribution in [0.3, 0.4) is 0 Å². The summed E-state index contributed by atoms with van der Waals surface area (Å²) in [5.41, 5.74) is 1.51. The van der Waals surface area contributed by atoms with Gasteiger partial charge < -0.3 is 10.2 Å². The molecule has 2 amide bonds. The van der Waals surface area contributed by atoms with Crippen molar-refractivity contribution in [3.8, 4) is 0 Å². The van der Waals surface area contributed by atoms with E-state index in [1.165, 1.54) is 36.2 Å². The quantitative estimate of drug-likeness (QED) is 0.316. The molecule has 0 aromatic heterocycles. The van der Waals surface area contributed by atoms with E-state index in [2.05, 4.69) is 5.32 Å². The molecule has 2 atom stereocenters. The summed E-state index contributed by atoms with van der Waals surface area (Å²) in [4.78, 5) is 28.9. The van der Waals surface area contributed by atoms with E-state index in [-0.39, 0.29) is 29.8 Å². The highest BCUT2D eigenvalue weighted by Gasteiger charge is 2.33. The molecule has 0 heterocycles. The average molecular weight is 591 g/mol. The Labute approximate surface area is 240 Å². The number of amides is 2. The maximum absolute atomic E-state index is 13.9. The van der Waals surface area contributed by atoms with Crippen molar-refractivity contribution >= 4 is 45.0 Å². The first kappa shape index (κ1) is 30.6. The zero-order valence-corrected chi connectivity index (χ0v) is 24.5. The Hall–Kier alpha value is -2.91. The SMILES string of the molecule is CC[C@H](C)NC(=O)[C@@H](Cc1ccccc1)N(Cc1ccccc1Cl)C(=O)CN(C)S(=O)(=O)c1ccc(Cl)cc1. The van der Waals surface area contributed by atoms with Crippen LogP contribution in [0.5, 0.6) is 0 Å². The van der Waals surface area contributed by atoms with Crippen molar-refractivity contribution in [3.05, 3.63) is 100 Å². The predicted octanol–water partition coefficient (Wildman–Crippen LogP) is 5.17. The van der Waals surface area contributed by atoms with Crippen molar-refractivity contribution in [2.24, 2.45) is 0 Å². The van der Waals surface area contributed by atoms with E-state index >= 15 is 0 Å². The molecule has 0 aliphatic carbocycles. The summed E-state index contributed by atoms with van der Waals surface area (Å²) in [6.07, 6.45) is 0.956. The number of rotatable bonds is 12. The number of nitrogens with zero attached hydrogens (tertiary/aromatic N) is 2. The summed E-state index contributed by atoms with van der Waals surface area (Å²) < 4.78 is 27.4. The maximum atomic E-state index is 13.9. The van der Waals surface area contributed by atoms with Crippen LogP contribution in [-0.4, -0.2) is 55.1 Å². The van der Waals surface area contributed by atoms with Gasteiger partial charge in [0.2, 0.25) is 21.8 Å². The molecule has 3 aromatic carbocycles. The summed E-state index contributed by atoms with van der Waals surface area (Å²) >= 11 is 12.4. The van der Waals surface area contributed by atoms with E-state index in [9.17, 15) is 18.0 Å². The van der Waals surface area contributed by atoms with Crippen LogP contribution in [0.15, 0.2) is 83.8 Å². The Kier molecular flexibility index (Phi) is 10.9. The van der Waals surface area contributed by atoms with Crippen molar-refractivity contribution in [1.82, 2.24) is 14.5 Å². The molecule has 39 heavy (non-hydrogen) atoms. The summed E-state index contributed by atoms with van der Waals surface area (Å²) in [5, 5.41) is 3.83. The molecule has 0 saturated carbocycles. The van der Waals surface area contributed by atoms with Gasteiger partial charge in [0, 0.05) is 36.1 Å². The highest BCUT2D eigenvalue weighted by molar-refractivity contribution is 7.89. The molecule has 0 unspecified atom stereocenters. The average Bonchev–Trinajstić information content (AvgIpc) is 2.92. The summed E-state index contributed by atoms with van der Waals surface area (Å²) in [6.45, 7) is 3.40. The minimum atomic E-state index is -3.99. The van der Waals surface area contributed by atoms with Gasteiger partial charge in [-0.15, -0.1) is 0 Å². The fourth-order valence-corrected chi connectivity index (χ4v) is 5.40. The number of hydrogen-bond donors (Lipinski definition) is 1. The first-order valence-electron chi connectivity index (χ1n) is 12.6. The molecule has 208 valence electrons. The number of benzene rings is 3. The van der Waals surface area contributed by atoms with Gasteiger partial charge in [0.1, 0.15) is 6.04 Å². The number of nitrogens with one attached hydrogen (secondary N) is 1. The fraction of sp³-hybridized carbons (Fsp3) is 0.310. The lowest BCUT2D eigenvalue weighted by atomic mass is 10.0. The van der Waals surface area contributed by atoms with E-state index in [1.807, 2.05) is 44.2 Å². The van der Waals surface area contributed by atoms with Crippen LogP contribution in [0.2, 0.25) is 10.0 Å². The predicted molar refractivity (Wildman–Crippen MR) is 155 cm³/mol. The maximum Gasteiger partial charge on any atom is 0.243 e. The van der Waals surface area contributed by atoms with Crippen LogP contribution in [0.4, 0.5) is 0 Å². The molecule has 7 nitrogen and oxygen atoms in total. The zero-order chi connectivity index (χ0) is 28.6. The lowest BCUT2D eigenvalue weighted by Crippen LogP contribution is -2.54. The third-order valence-corrected chi connectivity index (χ3v) is 8.89. The van der Waals surface area contributed by atoms with E-state index in [4.69, 9.17) is 23.2 Å². The number of carbonyl (C=O) groups excluding carboxylic acids is 2. The van der Waals surface area contributed by atoms with Crippen LogP contribution in [0, 0.1) is 0 Å². The second kappa shape index (κ2) is 13.9. The van der Waals surface area contributed by atoms with Crippen LogP contribution in [0.25, 0.3) is 0 Å². The van der Waals surface area contributed by atoms with Gasteiger partial charge in [0.05, 0.1) is 11.4 Å². The molecular weight excluding hydrogens is 557 g/mol. The first-order valence-corrected chi connectivity index (χ1v) is 14.8. The largest absolute Gasteiger partial charge is 0.352 e. The highest BCUT2D eigenvalue weighted by atomic mass is 35.5. The van der Waals surface area contributed by atoms with Crippen LogP contribution in [0.1, 0.15) is 31.4 Å². The van der Waals surface area contributed by atoms with Crippen LogP contribution >= 0.6 is 23.2 Å². The van der Waals surface area contributed by atoms with Gasteiger partial charge in [-0.1, -0.05) is 78.7 Å². The minimum Gasteiger partial charge on any atom is -0.352 e. The lowest BCUT2D eigenvalue weighted by Gasteiger charge is -2.33. The Balaban J connectivity index is 1.99. The molecule has 0 aliphatic rings. The van der Waals surface area contributed by atoms with Gasteiger partial charge in [-0.2, -0.15) is 4.31 Å². The lowest BCUT2D eigenvalue weighted by molar-refractivity contribution is -0.141. The summed E-state index contributed by atoms with van der Waals surface area (Å²) in [5.74, 6) is -0.855. The molecule has 3 aromatic rings. The number of hydrogen-bond acceptors (Lipinski definition) is 4. The van der Waals surface area contributed by atoms with Gasteiger partial charge in [0.15, 0.2) is 0 Å². The normalized spacial score (nSPS) is 13.1. The van der Waals surface area contributed by atoms with E-state index in [0.717, 1.165) is 9.87 Å². The number of carbonyl (C=O) groups is 2. The van der Waals surface area contributed by atoms with E-state index < -0.39 is 28.5 Å². The van der Waals surface area contributed by atoms with Crippen molar-refractivity contribution in [3.63, 3.8) is 0 Å². The molecule has 3 rings (SSSR count). The van der Waals surface area contributed by atoms with Crippen molar-refractivity contribution in [2.75, 3.05) is 13.6 Å². The Bertz CT molecular complexity index is 1370. The third-order valence-electron chi connectivity index (χ3n) is 6.45. The van der Waals surface area contributed by atoms with Crippen molar-refractivity contribution < 1.29 is 18.0 Å².